The van der Waals surface area contributed by atoms with Crippen LogP contribution in [0.1, 0.15) is 6.92 Å². The lowest BCUT2D eigenvalue weighted by Crippen LogP contribution is -1.78. The van der Waals surface area contributed by atoms with Crippen LogP contribution < -0.4 is 0 Å². The van der Waals surface area contributed by atoms with E-state index in [1.807, 2.05) is 0 Å². The summed E-state index contributed by atoms with van der Waals surface area (Å²) in [6, 6.07) is 0. The van der Waals surface area contributed by atoms with Gasteiger partial charge in [-0.3, -0.25) is 0 Å². The molecule has 2 heteroatoms. The van der Waals surface area contributed by atoms with E-state index < -0.39 is 0 Å². The van der Waals surface area contributed by atoms with Crippen molar-refractivity contribution in [2.75, 3.05) is 0 Å². The molecule has 0 saturated heterocycles. The summed E-state index contributed by atoms with van der Waals surface area (Å²) < 4.78 is 0. The molecule has 0 aromatic rings. The Kier molecular flexibility index (Phi) is 3.10. The van der Waals surface area contributed by atoms with Crippen molar-refractivity contribution in [2.24, 2.45) is 0 Å². The van der Waals surface area contributed by atoms with E-state index in [9.17, 15) is 0 Å². The van der Waals surface area contributed by atoms with Crippen LogP contribution in [-0.2, 0) is 0 Å². The molecule has 0 heterocycles. The van der Waals surface area contributed by atoms with E-state index in [0.29, 0.717) is 0 Å². The Morgan fingerprint density at radius 2 is 2.00 bits per heavy atom. The number of halogens is 1. The van der Waals surface area contributed by atoms with Crippen molar-refractivity contribution < 1.29 is 5.11 Å². The van der Waals surface area contributed by atoms with Crippen molar-refractivity contribution in [1.82, 2.24) is 0 Å². The molecule has 0 fully saturated rings. The standard InChI is InChI=1S/C7H9ClO/c1-5(2)4-7(9)6(3)8/h4,9H,1,3H2,2H3/b7-4+. The summed E-state index contributed by atoms with van der Waals surface area (Å²) in [5, 5.41) is 9.00. The van der Waals surface area contributed by atoms with Gasteiger partial charge in [0, 0.05) is 0 Å². The highest BCUT2D eigenvalue weighted by Crippen LogP contribution is 2.09. The molecule has 0 spiro atoms. The third-order valence-electron chi connectivity index (χ3n) is 0.661. The van der Waals surface area contributed by atoms with Gasteiger partial charge in [-0.15, -0.1) is 0 Å². The molecule has 50 valence electrons. The first-order valence-electron chi connectivity index (χ1n) is 2.45. The molecule has 0 radical (unpaired) electrons. The summed E-state index contributed by atoms with van der Waals surface area (Å²) >= 11 is 5.32. The molecule has 0 aromatic carbocycles. The van der Waals surface area contributed by atoms with Crippen LogP contribution in [0.15, 0.2) is 35.6 Å². The lowest BCUT2D eigenvalue weighted by Gasteiger charge is -1.92. The quantitative estimate of drug-likeness (QED) is 0.467. The van der Waals surface area contributed by atoms with Gasteiger partial charge in [0.2, 0.25) is 0 Å². The fraction of sp³-hybridized carbons (Fsp3) is 0.143. The summed E-state index contributed by atoms with van der Waals surface area (Å²) in [7, 11) is 0. The second kappa shape index (κ2) is 3.36. The van der Waals surface area contributed by atoms with Crippen LogP contribution in [0.2, 0.25) is 0 Å². The Morgan fingerprint density at radius 3 is 2.11 bits per heavy atom. The molecule has 0 aliphatic rings. The van der Waals surface area contributed by atoms with E-state index in [1.54, 1.807) is 6.92 Å². The van der Waals surface area contributed by atoms with E-state index in [0.717, 1.165) is 5.57 Å². The number of hydrogen-bond donors (Lipinski definition) is 1. The van der Waals surface area contributed by atoms with E-state index >= 15 is 0 Å². The third kappa shape index (κ3) is 3.86. The number of rotatable bonds is 2. The molecule has 0 aliphatic heterocycles. The van der Waals surface area contributed by atoms with Crippen LogP contribution in [0.5, 0.6) is 0 Å². The lowest BCUT2D eigenvalue weighted by molar-refractivity contribution is 0.429. The average molecular weight is 145 g/mol. The second-order valence-corrected chi connectivity index (χ2v) is 2.24. The van der Waals surface area contributed by atoms with E-state index in [4.69, 9.17) is 16.7 Å². The third-order valence-corrected chi connectivity index (χ3v) is 0.855. The molecule has 0 aliphatic carbocycles. The number of aliphatic hydroxyl groups excluding tert-OH is 1. The summed E-state index contributed by atoms with van der Waals surface area (Å²) in [6.45, 7) is 8.62. The Balaban J connectivity index is 4.17. The van der Waals surface area contributed by atoms with Crippen LogP contribution in [0.3, 0.4) is 0 Å². The Labute approximate surface area is 60.0 Å². The van der Waals surface area contributed by atoms with Gasteiger partial charge in [0.1, 0.15) is 5.76 Å². The Bertz CT molecular complexity index is 168. The number of hydrogen-bond acceptors (Lipinski definition) is 1. The number of aliphatic hydroxyl groups is 1. The summed E-state index contributed by atoms with van der Waals surface area (Å²) in [4.78, 5) is 0. The van der Waals surface area contributed by atoms with Crippen LogP contribution in [0, 0.1) is 0 Å². The van der Waals surface area contributed by atoms with Crippen LogP contribution in [-0.4, -0.2) is 5.11 Å². The minimum absolute atomic E-state index is 0.0239. The first-order valence-corrected chi connectivity index (χ1v) is 2.83. The second-order valence-electron chi connectivity index (χ2n) is 1.78. The largest absolute Gasteiger partial charge is 0.506 e. The predicted molar refractivity (Wildman–Crippen MR) is 40.5 cm³/mol. The predicted octanol–water partition coefficient (Wildman–Crippen LogP) is 2.76. The van der Waals surface area contributed by atoms with Gasteiger partial charge >= 0.3 is 0 Å². The minimum atomic E-state index is -0.0239. The molecule has 0 aromatic heterocycles. The first-order chi connectivity index (χ1) is 4.04. The van der Waals surface area contributed by atoms with E-state index in [-0.39, 0.29) is 10.8 Å². The molecular formula is C7H9ClO. The molecule has 0 unspecified atom stereocenters. The zero-order chi connectivity index (χ0) is 7.44. The summed E-state index contributed by atoms with van der Waals surface area (Å²) in [5.74, 6) is -0.0239. The van der Waals surface area contributed by atoms with Gasteiger partial charge < -0.3 is 5.11 Å². The lowest BCUT2D eigenvalue weighted by atomic mass is 10.3. The van der Waals surface area contributed by atoms with Crippen LogP contribution in [0.4, 0.5) is 0 Å². The van der Waals surface area contributed by atoms with Gasteiger partial charge in [-0.2, -0.15) is 0 Å². The van der Waals surface area contributed by atoms with Crippen molar-refractivity contribution in [3.8, 4) is 0 Å². The Morgan fingerprint density at radius 1 is 1.56 bits per heavy atom. The maximum atomic E-state index is 8.87. The van der Waals surface area contributed by atoms with Crippen molar-refractivity contribution in [2.45, 2.75) is 6.92 Å². The van der Waals surface area contributed by atoms with Crippen molar-refractivity contribution in [1.29, 1.82) is 0 Å². The average Bonchev–Trinajstić information content (AvgIpc) is 1.63. The van der Waals surface area contributed by atoms with Crippen molar-refractivity contribution in [3.63, 3.8) is 0 Å². The van der Waals surface area contributed by atoms with Gasteiger partial charge in [-0.1, -0.05) is 30.3 Å². The van der Waals surface area contributed by atoms with Gasteiger partial charge in [0.15, 0.2) is 0 Å². The number of allylic oxidation sites excluding steroid dienone is 3. The zero-order valence-electron chi connectivity index (χ0n) is 5.32. The molecule has 1 nitrogen and oxygen atoms in total. The molecule has 0 bridgehead atoms. The molecular weight excluding hydrogens is 136 g/mol. The highest BCUT2D eigenvalue weighted by molar-refractivity contribution is 6.31. The van der Waals surface area contributed by atoms with Gasteiger partial charge in [-0.25, -0.2) is 0 Å². The van der Waals surface area contributed by atoms with Crippen molar-refractivity contribution >= 4 is 11.6 Å². The monoisotopic (exact) mass is 144 g/mol. The van der Waals surface area contributed by atoms with Crippen LogP contribution in [0.25, 0.3) is 0 Å². The van der Waals surface area contributed by atoms with Gasteiger partial charge in [-0.05, 0) is 13.0 Å². The molecule has 0 amide bonds. The Hall–Kier alpha value is -0.690. The summed E-state index contributed by atoms with van der Waals surface area (Å²) in [5.41, 5.74) is 0.745. The molecule has 0 rings (SSSR count). The molecule has 1 N–H and O–H groups in total. The van der Waals surface area contributed by atoms with Crippen LogP contribution >= 0.6 is 11.6 Å². The SMILES string of the molecule is C=C(C)/C=C(/O)C(=C)Cl. The minimum Gasteiger partial charge on any atom is -0.506 e. The summed E-state index contributed by atoms with van der Waals surface area (Å²) in [6.07, 6.45) is 1.45. The molecule has 9 heavy (non-hydrogen) atoms. The topological polar surface area (TPSA) is 20.2 Å². The van der Waals surface area contributed by atoms with Gasteiger partial charge in [0.05, 0.1) is 5.03 Å². The van der Waals surface area contributed by atoms with Gasteiger partial charge in [0.25, 0.3) is 0 Å². The van der Waals surface area contributed by atoms with E-state index in [2.05, 4.69) is 13.2 Å². The maximum absolute atomic E-state index is 8.87. The smallest absolute Gasteiger partial charge is 0.133 e. The van der Waals surface area contributed by atoms with E-state index in [1.165, 1.54) is 6.08 Å². The fourth-order valence-electron chi connectivity index (χ4n) is 0.312. The normalized spacial score (nSPS) is 11.1. The highest BCUT2D eigenvalue weighted by atomic mass is 35.5. The van der Waals surface area contributed by atoms with Crippen molar-refractivity contribution in [3.05, 3.63) is 35.6 Å². The first kappa shape index (κ1) is 8.31. The molecule has 0 atom stereocenters. The molecule has 0 saturated carbocycles. The highest BCUT2D eigenvalue weighted by Gasteiger charge is 1.92. The zero-order valence-corrected chi connectivity index (χ0v) is 6.07. The maximum Gasteiger partial charge on any atom is 0.133 e. The fourth-order valence-corrected chi connectivity index (χ4v) is 0.366.